The SMILES string of the molecule is CS(=O)(=O)c1nc(CCC(N)=O)cs1. The number of nitrogens with zero attached hydrogens (tertiary/aromatic N) is 1. The fourth-order valence-corrected chi connectivity index (χ4v) is 2.53. The third-order valence-corrected chi connectivity index (χ3v) is 4.08. The maximum absolute atomic E-state index is 11.0. The summed E-state index contributed by atoms with van der Waals surface area (Å²) in [4.78, 5) is 14.3. The molecule has 1 aromatic heterocycles. The Morgan fingerprint density at radius 3 is 2.71 bits per heavy atom. The van der Waals surface area contributed by atoms with Crippen molar-refractivity contribution >= 4 is 27.1 Å². The van der Waals surface area contributed by atoms with Gasteiger partial charge in [0.05, 0.1) is 5.69 Å². The van der Waals surface area contributed by atoms with Gasteiger partial charge < -0.3 is 5.73 Å². The molecule has 0 saturated carbocycles. The van der Waals surface area contributed by atoms with Crippen LogP contribution in [0.3, 0.4) is 0 Å². The molecular formula is C7H10N2O3S2. The van der Waals surface area contributed by atoms with E-state index in [9.17, 15) is 13.2 Å². The second-order valence-corrected chi connectivity index (χ2v) is 5.89. The lowest BCUT2D eigenvalue weighted by molar-refractivity contribution is -0.118. The highest BCUT2D eigenvalue weighted by atomic mass is 32.2. The Kier molecular flexibility index (Phi) is 3.22. The lowest BCUT2D eigenvalue weighted by Gasteiger charge is -1.91. The Morgan fingerprint density at radius 1 is 1.64 bits per heavy atom. The van der Waals surface area contributed by atoms with Crippen LogP contribution in [0.4, 0.5) is 0 Å². The molecule has 78 valence electrons. The fourth-order valence-electron chi connectivity index (χ4n) is 0.825. The van der Waals surface area contributed by atoms with Gasteiger partial charge in [-0.25, -0.2) is 13.4 Å². The summed E-state index contributed by atoms with van der Waals surface area (Å²) in [5.41, 5.74) is 5.54. The van der Waals surface area contributed by atoms with Crippen molar-refractivity contribution < 1.29 is 13.2 Å². The third-order valence-electron chi connectivity index (χ3n) is 1.48. The van der Waals surface area contributed by atoms with Gasteiger partial charge in [0.2, 0.25) is 20.1 Å². The summed E-state index contributed by atoms with van der Waals surface area (Å²) in [5, 5.41) is 1.62. The normalized spacial score (nSPS) is 11.5. The Hall–Kier alpha value is -0.950. The van der Waals surface area contributed by atoms with Crippen molar-refractivity contribution in [2.24, 2.45) is 5.73 Å². The van der Waals surface area contributed by atoms with Gasteiger partial charge in [-0.2, -0.15) is 0 Å². The van der Waals surface area contributed by atoms with E-state index in [-0.39, 0.29) is 10.8 Å². The molecule has 7 heteroatoms. The molecular weight excluding hydrogens is 224 g/mol. The minimum atomic E-state index is -3.23. The molecule has 1 heterocycles. The Bertz CT molecular complexity index is 436. The van der Waals surface area contributed by atoms with Crippen LogP contribution in [0.15, 0.2) is 9.72 Å². The van der Waals surface area contributed by atoms with E-state index in [2.05, 4.69) is 4.98 Å². The molecule has 0 aliphatic rings. The summed E-state index contributed by atoms with van der Waals surface area (Å²) >= 11 is 1.06. The van der Waals surface area contributed by atoms with Gasteiger partial charge in [-0.3, -0.25) is 4.79 Å². The molecule has 0 radical (unpaired) electrons. The van der Waals surface area contributed by atoms with Crippen LogP contribution in [0.5, 0.6) is 0 Å². The van der Waals surface area contributed by atoms with E-state index < -0.39 is 15.7 Å². The first kappa shape index (κ1) is 11.1. The first-order chi connectivity index (χ1) is 6.39. The summed E-state index contributed by atoms with van der Waals surface area (Å²) < 4.78 is 22.2. The van der Waals surface area contributed by atoms with Crippen molar-refractivity contribution in [3.63, 3.8) is 0 Å². The van der Waals surface area contributed by atoms with E-state index in [0.717, 1.165) is 17.6 Å². The van der Waals surface area contributed by atoms with Crippen LogP contribution in [0, 0.1) is 0 Å². The number of carbonyl (C=O) groups is 1. The second kappa shape index (κ2) is 4.05. The Morgan fingerprint density at radius 2 is 2.29 bits per heavy atom. The number of aryl methyl sites for hydroxylation is 1. The van der Waals surface area contributed by atoms with E-state index >= 15 is 0 Å². The quantitative estimate of drug-likeness (QED) is 0.791. The highest BCUT2D eigenvalue weighted by Crippen LogP contribution is 2.16. The molecule has 1 aromatic rings. The van der Waals surface area contributed by atoms with Gasteiger partial charge in [0, 0.05) is 18.1 Å². The molecule has 1 amide bonds. The molecule has 2 N–H and O–H groups in total. The number of hydrogen-bond donors (Lipinski definition) is 1. The average Bonchev–Trinajstić information content (AvgIpc) is 2.47. The zero-order chi connectivity index (χ0) is 10.8. The van der Waals surface area contributed by atoms with E-state index in [1.165, 1.54) is 0 Å². The van der Waals surface area contributed by atoms with E-state index in [4.69, 9.17) is 5.73 Å². The largest absolute Gasteiger partial charge is 0.370 e. The monoisotopic (exact) mass is 234 g/mol. The van der Waals surface area contributed by atoms with Gasteiger partial charge in [-0.15, -0.1) is 11.3 Å². The second-order valence-electron chi connectivity index (χ2n) is 2.84. The summed E-state index contributed by atoms with van der Waals surface area (Å²) in [6, 6.07) is 0. The van der Waals surface area contributed by atoms with Crippen LogP contribution < -0.4 is 5.73 Å². The van der Waals surface area contributed by atoms with E-state index in [1.54, 1.807) is 5.38 Å². The first-order valence-corrected chi connectivity index (χ1v) is 6.59. The lowest BCUT2D eigenvalue weighted by Crippen LogP contribution is -2.11. The predicted octanol–water partition coefficient (Wildman–Crippen LogP) is -0.0355. The van der Waals surface area contributed by atoms with Crippen molar-refractivity contribution in [2.45, 2.75) is 17.2 Å². The molecule has 0 aliphatic heterocycles. The minimum absolute atomic E-state index is 0.0805. The predicted molar refractivity (Wildman–Crippen MR) is 52.7 cm³/mol. The van der Waals surface area contributed by atoms with Crippen LogP contribution in [-0.4, -0.2) is 25.6 Å². The summed E-state index contributed by atoms with van der Waals surface area (Å²) in [7, 11) is -3.23. The number of rotatable bonds is 4. The zero-order valence-electron chi connectivity index (χ0n) is 7.56. The molecule has 0 atom stereocenters. The number of thiazole rings is 1. The lowest BCUT2D eigenvalue weighted by atomic mass is 10.2. The minimum Gasteiger partial charge on any atom is -0.370 e. The number of nitrogens with two attached hydrogens (primary N) is 1. The molecule has 1 rings (SSSR count). The number of hydrogen-bond acceptors (Lipinski definition) is 5. The molecule has 14 heavy (non-hydrogen) atoms. The van der Waals surface area contributed by atoms with Crippen molar-refractivity contribution in [3.8, 4) is 0 Å². The van der Waals surface area contributed by atoms with E-state index in [1.807, 2.05) is 0 Å². The van der Waals surface area contributed by atoms with Crippen LogP contribution in [0.2, 0.25) is 0 Å². The highest BCUT2D eigenvalue weighted by Gasteiger charge is 2.12. The number of primary amides is 1. The first-order valence-electron chi connectivity index (χ1n) is 3.82. The van der Waals surface area contributed by atoms with Crippen LogP contribution >= 0.6 is 11.3 Å². The fraction of sp³-hybridized carbons (Fsp3) is 0.429. The average molecular weight is 234 g/mol. The molecule has 0 aromatic carbocycles. The van der Waals surface area contributed by atoms with Crippen molar-refractivity contribution in [2.75, 3.05) is 6.26 Å². The van der Waals surface area contributed by atoms with Gasteiger partial charge in [0.25, 0.3) is 0 Å². The topological polar surface area (TPSA) is 90.1 Å². The van der Waals surface area contributed by atoms with E-state index in [0.29, 0.717) is 12.1 Å². The number of amides is 1. The number of carbonyl (C=O) groups excluding carboxylic acids is 1. The van der Waals surface area contributed by atoms with Crippen LogP contribution in [0.1, 0.15) is 12.1 Å². The smallest absolute Gasteiger partial charge is 0.217 e. The van der Waals surface area contributed by atoms with Crippen LogP contribution in [0.25, 0.3) is 0 Å². The number of aromatic nitrogens is 1. The highest BCUT2D eigenvalue weighted by molar-refractivity contribution is 7.92. The van der Waals surface area contributed by atoms with Crippen LogP contribution in [-0.2, 0) is 21.1 Å². The third kappa shape index (κ3) is 3.08. The van der Waals surface area contributed by atoms with Gasteiger partial charge in [-0.05, 0) is 6.42 Å². The van der Waals surface area contributed by atoms with Crippen molar-refractivity contribution in [3.05, 3.63) is 11.1 Å². The summed E-state index contributed by atoms with van der Waals surface area (Å²) in [6.45, 7) is 0. The maximum Gasteiger partial charge on any atom is 0.217 e. The van der Waals surface area contributed by atoms with Gasteiger partial charge in [0.1, 0.15) is 0 Å². The molecule has 5 nitrogen and oxygen atoms in total. The number of sulfone groups is 1. The molecule has 0 saturated heterocycles. The zero-order valence-corrected chi connectivity index (χ0v) is 9.19. The molecule has 0 aliphatic carbocycles. The molecule has 0 spiro atoms. The van der Waals surface area contributed by atoms with Gasteiger partial charge in [0.15, 0.2) is 0 Å². The Balaban J connectivity index is 2.74. The van der Waals surface area contributed by atoms with Gasteiger partial charge >= 0.3 is 0 Å². The molecule has 0 unspecified atom stereocenters. The summed E-state index contributed by atoms with van der Waals surface area (Å²) in [5.74, 6) is -0.418. The molecule has 0 fully saturated rings. The van der Waals surface area contributed by atoms with Gasteiger partial charge in [-0.1, -0.05) is 0 Å². The molecule has 0 bridgehead atoms. The summed E-state index contributed by atoms with van der Waals surface area (Å²) in [6.07, 6.45) is 1.68. The van der Waals surface area contributed by atoms with Crippen molar-refractivity contribution in [1.29, 1.82) is 0 Å². The Labute approximate surface area is 85.9 Å². The standard InChI is InChI=1S/C7H10N2O3S2/c1-14(11,12)7-9-5(4-13-7)2-3-6(8)10/h4H,2-3H2,1H3,(H2,8,10). The van der Waals surface area contributed by atoms with Crippen molar-refractivity contribution in [1.82, 2.24) is 4.98 Å². The maximum atomic E-state index is 11.0.